The monoisotopic (exact) mass is 242 g/mol. The zero-order valence-corrected chi connectivity index (χ0v) is 11.4. The second-order valence-corrected chi connectivity index (χ2v) is 4.40. The third-order valence-corrected chi connectivity index (χ3v) is 2.83. The van der Waals surface area contributed by atoms with Crippen LogP contribution in [0.4, 0.5) is 0 Å². The van der Waals surface area contributed by atoms with Gasteiger partial charge >= 0.3 is 5.97 Å². The quantitative estimate of drug-likeness (QED) is 0.383. The second kappa shape index (κ2) is 10.3. The summed E-state index contributed by atoms with van der Waals surface area (Å²) in [6.45, 7) is 6.00. The highest BCUT2D eigenvalue weighted by Gasteiger charge is 2.07. The number of carbonyl (C=O) groups excluding carboxylic acids is 1. The van der Waals surface area contributed by atoms with Crippen molar-refractivity contribution in [1.29, 1.82) is 0 Å². The number of allylic oxidation sites excluding steroid dienone is 1. The molecule has 0 aromatic rings. The van der Waals surface area contributed by atoms with Gasteiger partial charge < -0.3 is 9.84 Å². The van der Waals surface area contributed by atoms with Crippen LogP contribution in [0.25, 0.3) is 0 Å². The van der Waals surface area contributed by atoms with Crippen molar-refractivity contribution >= 4 is 5.97 Å². The molecule has 1 unspecified atom stereocenters. The molecule has 100 valence electrons. The fourth-order valence-electron chi connectivity index (χ4n) is 1.47. The highest BCUT2D eigenvalue weighted by Crippen LogP contribution is 2.08. The normalized spacial score (nSPS) is 13.5. The van der Waals surface area contributed by atoms with E-state index in [1.54, 1.807) is 19.9 Å². The average molecular weight is 242 g/mol. The summed E-state index contributed by atoms with van der Waals surface area (Å²) in [5.41, 5.74) is 0.613. The lowest BCUT2D eigenvalue weighted by molar-refractivity contribution is -0.139. The molecule has 0 saturated heterocycles. The van der Waals surface area contributed by atoms with Crippen molar-refractivity contribution < 1.29 is 14.6 Å². The van der Waals surface area contributed by atoms with Crippen LogP contribution in [-0.4, -0.2) is 23.8 Å². The van der Waals surface area contributed by atoms with Crippen LogP contribution >= 0.6 is 0 Å². The molecule has 0 saturated carbocycles. The molecule has 0 aromatic carbocycles. The second-order valence-electron chi connectivity index (χ2n) is 4.40. The molecular weight excluding hydrogens is 216 g/mol. The van der Waals surface area contributed by atoms with Crippen molar-refractivity contribution in [2.75, 3.05) is 6.61 Å². The number of aliphatic hydroxyl groups is 1. The number of rotatable bonds is 9. The predicted molar refractivity (Wildman–Crippen MR) is 69.8 cm³/mol. The van der Waals surface area contributed by atoms with E-state index in [9.17, 15) is 9.90 Å². The Balaban J connectivity index is 3.51. The summed E-state index contributed by atoms with van der Waals surface area (Å²) in [5.74, 6) is -0.286. The predicted octanol–water partition coefficient (Wildman–Crippen LogP) is 3.22. The highest BCUT2D eigenvalue weighted by atomic mass is 16.5. The number of hydrogen-bond donors (Lipinski definition) is 1. The first-order chi connectivity index (χ1) is 8.11. The number of unbranched alkanes of at least 4 members (excludes halogenated alkanes) is 3. The SMILES string of the molecule is CC=C(C)C(=O)OCCC(O)CCCCCC. The van der Waals surface area contributed by atoms with Crippen molar-refractivity contribution in [2.45, 2.75) is 65.4 Å². The molecule has 0 heterocycles. The van der Waals surface area contributed by atoms with E-state index >= 15 is 0 Å². The molecule has 3 nitrogen and oxygen atoms in total. The molecule has 0 radical (unpaired) electrons. The Hall–Kier alpha value is -0.830. The van der Waals surface area contributed by atoms with Gasteiger partial charge in [0.2, 0.25) is 0 Å². The Morgan fingerprint density at radius 2 is 2.00 bits per heavy atom. The molecule has 0 fully saturated rings. The Kier molecular flexibility index (Phi) is 9.83. The maximum atomic E-state index is 11.3. The molecular formula is C14H26O3. The van der Waals surface area contributed by atoms with Gasteiger partial charge in [-0.2, -0.15) is 0 Å². The molecule has 0 aliphatic rings. The minimum Gasteiger partial charge on any atom is -0.462 e. The van der Waals surface area contributed by atoms with Crippen molar-refractivity contribution in [3.63, 3.8) is 0 Å². The van der Waals surface area contributed by atoms with Crippen molar-refractivity contribution in [2.24, 2.45) is 0 Å². The van der Waals surface area contributed by atoms with Gasteiger partial charge in [0, 0.05) is 12.0 Å². The lowest BCUT2D eigenvalue weighted by Crippen LogP contribution is -2.14. The van der Waals surface area contributed by atoms with E-state index in [1.807, 2.05) is 0 Å². The molecule has 1 N–H and O–H groups in total. The van der Waals surface area contributed by atoms with E-state index in [0.717, 1.165) is 12.8 Å². The van der Waals surface area contributed by atoms with Crippen LogP contribution in [0.15, 0.2) is 11.6 Å². The Labute approximate surface area is 105 Å². The number of aliphatic hydroxyl groups excluding tert-OH is 1. The van der Waals surface area contributed by atoms with Crippen LogP contribution in [0.5, 0.6) is 0 Å². The Morgan fingerprint density at radius 1 is 1.29 bits per heavy atom. The van der Waals surface area contributed by atoms with Crippen LogP contribution in [0.2, 0.25) is 0 Å². The van der Waals surface area contributed by atoms with E-state index in [1.165, 1.54) is 19.3 Å². The van der Waals surface area contributed by atoms with Gasteiger partial charge in [0.1, 0.15) is 0 Å². The van der Waals surface area contributed by atoms with Crippen LogP contribution in [0.3, 0.4) is 0 Å². The number of hydrogen-bond acceptors (Lipinski definition) is 3. The minimum atomic E-state index is -0.342. The summed E-state index contributed by atoms with van der Waals surface area (Å²) in [4.78, 5) is 11.3. The summed E-state index contributed by atoms with van der Waals surface area (Å²) >= 11 is 0. The lowest BCUT2D eigenvalue weighted by atomic mass is 10.1. The Morgan fingerprint density at radius 3 is 2.59 bits per heavy atom. The van der Waals surface area contributed by atoms with E-state index < -0.39 is 0 Å². The first kappa shape index (κ1) is 16.2. The molecule has 0 amide bonds. The number of esters is 1. The number of carbonyl (C=O) groups is 1. The van der Waals surface area contributed by atoms with E-state index in [4.69, 9.17) is 4.74 Å². The van der Waals surface area contributed by atoms with Crippen molar-refractivity contribution in [3.05, 3.63) is 11.6 Å². The molecule has 0 aliphatic carbocycles. The smallest absolute Gasteiger partial charge is 0.333 e. The first-order valence-corrected chi connectivity index (χ1v) is 6.59. The van der Waals surface area contributed by atoms with Gasteiger partial charge in [-0.1, -0.05) is 38.7 Å². The fraction of sp³-hybridized carbons (Fsp3) is 0.786. The maximum Gasteiger partial charge on any atom is 0.333 e. The van der Waals surface area contributed by atoms with Gasteiger partial charge in [0.15, 0.2) is 0 Å². The maximum absolute atomic E-state index is 11.3. The van der Waals surface area contributed by atoms with Gasteiger partial charge in [-0.25, -0.2) is 4.79 Å². The van der Waals surface area contributed by atoms with Crippen LogP contribution in [0, 0.1) is 0 Å². The zero-order valence-electron chi connectivity index (χ0n) is 11.4. The van der Waals surface area contributed by atoms with E-state index in [2.05, 4.69) is 6.92 Å². The molecule has 17 heavy (non-hydrogen) atoms. The molecule has 0 bridgehead atoms. The van der Waals surface area contributed by atoms with Crippen molar-refractivity contribution in [1.82, 2.24) is 0 Å². The molecule has 0 rings (SSSR count). The average Bonchev–Trinajstić information content (AvgIpc) is 2.33. The molecule has 3 heteroatoms. The van der Waals surface area contributed by atoms with Gasteiger partial charge in [-0.15, -0.1) is 0 Å². The van der Waals surface area contributed by atoms with Crippen LogP contribution in [0.1, 0.15) is 59.3 Å². The Bertz CT molecular complexity index is 234. The minimum absolute atomic E-state index is 0.286. The molecule has 0 aliphatic heterocycles. The van der Waals surface area contributed by atoms with Gasteiger partial charge in [-0.05, 0) is 20.3 Å². The van der Waals surface area contributed by atoms with Gasteiger partial charge in [0.25, 0.3) is 0 Å². The summed E-state index contributed by atoms with van der Waals surface area (Å²) in [6, 6.07) is 0. The third-order valence-electron chi connectivity index (χ3n) is 2.83. The topological polar surface area (TPSA) is 46.5 Å². The standard InChI is InChI=1S/C14H26O3/c1-4-6-7-8-9-13(15)10-11-17-14(16)12(3)5-2/h5,13,15H,4,6-11H2,1-3H3. The number of ether oxygens (including phenoxy) is 1. The van der Waals surface area contributed by atoms with Gasteiger partial charge in [-0.3, -0.25) is 0 Å². The van der Waals surface area contributed by atoms with Gasteiger partial charge in [0.05, 0.1) is 12.7 Å². The fourth-order valence-corrected chi connectivity index (χ4v) is 1.47. The molecule has 0 spiro atoms. The highest BCUT2D eigenvalue weighted by molar-refractivity contribution is 5.87. The van der Waals surface area contributed by atoms with Crippen molar-refractivity contribution in [3.8, 4) is 0 Å². The summed E-state index contributed by atoms with van der Waals surface area (Å²) in [5, 5.41) is 9.65. The third kappa shape index (κ3) is 8.93. The zero-order chi connectivity index (χ0) is 13.1. The first-order valence-electron chi connectivity index (χ1n) is 6.59. The van der Waals surface area contributed by atoms with Crippen LogP contribution < -0.4 is 0 Å². The summed E-state index contributed by atoms with van der Waals surface area (Å²) < 4.78 is 5.03. The van der Waals surface area contributed by atoms with E-state index in [-0.39, 0.29) is 12.1 Å². The largest absolute Gasteiger partial charge is 0.462 e. The molecule has 0 aromatic heterocycles. The van der Waals surface area contributed by atoms with E-state index in [0.29, 0.717) is 18.6 Å². The summed E-state index contributed by atoms with van der Waals surface area (Å²) in [7, 11) is 0. The lowest BCUT2D eigenvalue weighted by Gasteiger charge is -2.10. The molecule has 1 atom stereocenters. The summed E-state index contributed by atoms with van der Waals surface area (Å²) in [6.07, 6.45) is 7.38. The van der Waals surface area contributed by atoms with Crippen LogP contribution in [-0.2, 0) is 9.53 Å².